The van der Waals surface area contributed by atoms with E-state index in [0.29, 0.717) is 18.5 Å². The molecule has 3 amide bonds. The first-order valence-electron chi connectivity index (χ1n) is 11.1. The molecule has 2 fully saturated rings. The number of halogens is 3. The summed E-state index contributed by atoms with van der Waals surface area (Å²) in [6.07, 6.45) is 0.658. The van der Waals surface area contributed by atoms with Gasteiger partial charge in [-0.25, -0.2) is 4.79 Å². The number of hydrogen-bond donors (Lipinski definition) is 1. The molecule has 1 N–H and O–H groups in total. The lowest BCUT2D eigenvalue weighted by Gasteiger charge is -2.28. The number of esters is 1. The van der Waals surface area contributed by atoms with E-state index in [-0.39, 0.29) is 33.8 Å². The monoisotopic (exact) mass is 580 g/mol. The van der Waals surface area contributed by atoms with Crippen LogP contribution in [0.5, 0.6) is 0 Å². The van der Waals surface area contributed by atoms with Crippen molar-refractivity contribution in [2.24, 2.45) is 11.8 Å². The minimum absolute atomic E-state index is 0.117. The normalized spacial score (nSPS) is 23.7. The standard InChI is InChI=1S/C25H23BrCl2N2O5/c1-12-13(2)21(7-6-18(12)26)29-22(31)11-35-25(34)14-4-3-5-15(8-14)30-23(32)16-9-19(27)20(28)10-17(16)24(30)33/h3-8,16-17,19-20H,9-11H2,1-2H3,(H,29,31)/t16-,17-,19+,20+/m1/s1. The van der Waals surface area contributed by atoms with E-state index < -0.39 is 30.3 Å². The van der Waals surface area contributed by atoms with Crippen LogP contribution < -0.4 is 10.2 Å². The van der Waals surface area contributed by atoms with Crippen LogP contribution >= 0.6 is 39.1 Å². The molecule has 4 atom stereocenters. The molecule has 184 valence electrons. The van der Waals surface area contributed by atoms with Gasteiger partial charge in [-0.2, -0.15) is 0 Å². The lowest BCUT2D eigenvalue weighted by molar-refractivity contribution is -0.122. The molecule has 10 heteroatoms. The molecule has 1 saturated heterocycles. The lowest BCUT2D eigenvalue weighted by atomic mass is 9.80. The van der Waals surface area contributed by atoms with Gasteiger partial charge < -0.3 is 10.1 Å². The maximum atomic E-state index is 13.0. The number of rotatable bonds is 5. The molecular formula is C25H23BrCl2N2O5. The first kappa shape index (κ1) is 25.7. The molecule has 2 aromatic carbocycles. The van der Waals surface area contributed by atoms with Crippen molar-refractivity contribution >= 4 is 74.2 Å². The van der Waals surface area contributed by atoms with Crippen molar-refractivity contribution < 1.29 is 23.9 Å². The van der Waals surface area contributed by atoms with Crippen LogP contribution in [-0.2, 0) is 19.1 Å². The van der Waals surface area contributed by atoms with Crippen LogP contribution in [0.1, 0.15) is 34.3 Å². The third kappa shape index (κ3) is 5.10. The summed E-state index contributed by atoms with van der Waals surface area (Å²) in [5.74, 6) is -2.98. The molecule has 0 unspecified atom stereocenters. The van der Waals surface area contributed by atoms with Gasteiger partial charge in [0.05, 0.1) is 33.8 Å². The van der Waals surface area contributed by atoms with Gasteiger partial charge >= 0.3 is 5.97 Å². The number of imide groups is 1. The SMILES string of the molecule is Cc1c(Br)ccc(NC(=O)COC(=O)c2cccc(N3C(=O)[C@@H]4C[C@H](Cl)[C@@H](Cl)C[C@H]4C3=O)c2)c1C. The fourth-order valence-electron chi connectivity index (χ4n) is 4.45. The Kier molecular flexibility index (Phi) is 7.54. The average Bonchev–Trinajstić information content (AvgIpc) is 3.07. The van der Waals surface area contributed by atoms with Crippen LogP contribution in [-0.4, -0.2) is 41.1 Å². The fourth-order valence-corrected chi connectivity index (χ4v) is 5.46. The van der Waals surface area contributed by atoms with Gasteiger partial charge in [-0.3, -0.25) is 19.3 Å². The Balaban J connectivity index is 1.42. The van der Waals surface area contributed by atoms with Crippen molar-refractivity contribution in [2.75, 3.05) is 16.8 Å². The summed E-state index contributed by atoms with van der Waals surface area (Å²) in [6.45, 7) is 3.32. The van der Waals surface area contributed by atoms with Gasteiger partial charge in [-0.15, -0.1) is 23.2 Å². The third-order valence-corrected chi connectivity index (χ3v) is 8.53. The number of carbonyl (C=O) groups is 4. The highest BCUT2D eigenvalue weighted by Gasteiger charge is 2.52. The molecule has 0 bridgehead atoms. The second-order valence-corrected chi connectivity index (χ2v) is 10.7. The number of carbonyl (C=O) groups excluding carboxylic acids is 4. The largest absolute Gasteiger partial charge is 0.452 e. The lowest BCUT2D eigenvalue weighted by Crippen LogP contribution is -2.34. The summed E-state index contributed by atoms with van der Waals surface area (Å²) >= 11 is 15.9. The van der Waals surface area contributed by atoms with E-state index in [1.807, 2.05) is 19.9 Å². The van der Waals surface area contributed by atoms with Crippen molar-refractivity contribution in [2.45, 2.75) is 37.4 Å². The minimum atomic E-state index is -0.746. The number of nitrogens with zero attached hydrogens (tertiary/aromatic N) is 1. The Morgan fingerprint density at radius 3 is 2.29 bits per heavy atom. The number of alkyl halides is 2. The van der Waals surface area contributed by atoms with Gasteiger partial charge in [-0.1, -0.05) is 22.0 Å². The van der Waals surface area contributed by atoms with Crippen molar-refractivity contribution in [3.8, 4) is 0 Å². The summed E-state index contributed by atoms with van der Waals surface area (Å²) in [6, 6.07) is 9.62. The number of amides is 3. The molecule has 1 aliphatic heterocycles. The van der Waals surface area contributed by atoms with Crippen LogP contribution in [0.4, 0.5) is 11.4 Å². The highest BCUT2D eigenvalue weighted by molar-refractivity contribution is 9.10. The van der Waals surface area contributed by atoms with Crippen LogP contribution in [0.25, 0.3) is 0 Å². The highest BCUT2D eigenvalue weighted by Crippen LogP contribution is 2.43. The Morgan fingerprint density at radius 1 is 1.03 bits per heavy atom. The van der Waals surface area contributed by atoms with Gasteiger partial charge in [0.25, 0.3) is 5.91 Å². The Bertz CT molecular complexity index is 1190. The van der Waals surface area contributed by atoms with E-state index >= 15 is 0 Å². The predicted octanol–water partition coefficient (Wildman–Crippen LogP) is 4.98. The average molecular weight is 582 g/mol. The topological polar surface area (TPSA) is 92.8 Å². The smallest absolute Gasteiger partial charge is 0.338 e. The molecule has 0 spiro atoms. The second kappa shape index (κ2) is 10.3. The van der Waals surface area contributed by atoms with Gasteiger partial charge in [0.1, 0.15) is 0 Å². The molecule has 1 saturated carbocycles. The molecule has 0 aromatic heterocycles. The summed E-state index contributed by atoms with van der Waals surface area (Å²) in [4.78, 5) is 52.0. The Labute approximate surface area is 221 Å². The van der Waals surface area contributed by atoms with Crippen LogP contribution in [0, 0.1) is 25.7 Å². The van der Waals surface area contributed by atoms with Crippen molar-refractivity contribution in [1.29, 1.82) is 0 Å². The maximum Gasteiger partial charge on any atom is 0.338 e. The Morgan fingerprint density at radius 2 is 1.66 bits per heavy atom. The van der Waals surface area contributed by atoms with Crippen LogP contribution in [0.15, 0.2) is 40.9 Å². The van der Waals surface area contributed by atoms with E-state index in [2.05, 4.69) is 21.2 Å². The van der Waals surface area contributed by atoms with Crippen molar-refractivity contribution in [1.82, 2.24) is 0 Å². The summed E-state index contributed by atoms with van der Waals surface area (Å²) in [7, 11) is 0. The van der Waals surface area contributed by atoms with Crippen molar-refractivity contribution in [3.63, 3.8) is 0 Å². The summed E-state index contributed by atoms with van der Waals surface area (Å²) in [5.41, 5.74) is 2.90. The van der Waals surface area contributed by atoms with E-state index in [1.165, 1.54) is 12.1 Å². The van der Waals surface area contributed by atoms with Crippen LogP contribution in [0.2, 0.25) is 0 Å². The number of anilines is 2. The number of ether oxygens (including phenoxy) is 1. The van der Waals surface area contributed by atoms with E-state index in [1.54, 1.807) is 18.2 Å². The van der Waals surface area contributed by atoms with Crippen LogP contribution in [0.3, 0.4) is 0 Å². The number of fused-ring (bicyclic) bond motifs is 1. The number of nitrogens with one attached hydrogen (secondary N) is 1. The van der Waals surface area contributed by atoms with E-state index in [4.69, 9.17) is 27.9 Å². The highest BCUT2D eigenvalue weighted by atomic mass is 79.9. The molecule has 35 heavy (non-hydrogen) atoms. The molecule has 7 nitrogen and oxygen atoms in total. The molecule has 1 heterocycles. The summed E-state index contributed by atoms with van der Waals surface area (Å²) < 4.78 is 6.10. The van der Waals surface area contributed by atoms with Crippen molar-refractivity contribution in [3.05, 3.63) is 57.6 Å². The molecule has 2 aliphatic rings. The third-order valence-electron chi connectivity index (χ3n) is 6.58. The first-order chi connectivity index (χ1) is 16.6. The zero-order chi connectivity index (χ0) is 25.4. The first-order valence-corrected chi connectivity index (χ1v) is 12.7. The minimum Gasteiger partial charge on any atom is -0.452 e. The van der Waals surface area contributed by atoms with Gasteiger partial charge in [0, 0.05) is 10.2 Å². The summed E-state index contributed by atoms with van der Waals surface area (Å²) in [5, 5.41) is 1.97. The van der Waals surface area contributed by atoms with Gasteiger partial charge in [0.15, 0.2) is 6.61 Å². The zero-order valence-corrected chi connectivity index (χ0v) is 22.1. The predicted molar refractivity (Wildman–Crippen MR) is 137 cm³/mol. The van der Waals surface area contributed by atoms with E-state index in [9.17, 15) is 19.2 Å². The quantitative estimate of drug-likeness (QED) is 0.305. The number of benzene rings is 2. The van der Waals surface area contributed by atoms with Gasteiger partial charge in [0.2, 0.25) is 11.8 Å². The molecular weight excluding hydrogens is 559 g/mol. The van der Waals surface area contributed by atoms with E-state index in [0.717, 1.165) is 20.5 Å². The Hall–Kier alpha value is -2.42. The maximum absolute atomic E-state index is 13.0. The second-order valence-electron chi connectivity index (χ2n) is 8.75. The zero-order valence-electron chi connectivity index (χ0n) is 19.0. The molecule has 2 aromatic rings. The molecule has 4 rings (SSSR count). The van der Waals surface area contributed by atoms with Gasteiger partial charge in [-0.05, 0) is 68.1 Å². The molecule has 1 aliphatic carbocycles. The fraction of sp³-hybridized carbons (Fsp3) is 0.360. The molecule has 0 radical (unpaired) electrons. The number of hydrogen-bond acceptors (Lipinski definition) is 5.